The molecule has 1 aliphatic heterocycles. The van der Waals surface area contributed by atoms with Gasteiger partial charge in [0.05, 0.1) is 6.04 Å². The average molecular weight is 295 g/mol. The van der Waals surface area contributed by atoms with E-state index in [4.69, 9.17) is 15.2 Å². The quantitative estimate of drug-likeness (QED) is 0.866. The molecule has 21 heavy (non-hydrogen) atoms. The first-order chi connectivity index (χ1) is 10.1. The maximum Gasteiger partial charge on any atom is 0.194 e. The van der Waals surface area contributed by atoms with Crippen LogP contribution in [0.1, 0.15) is 11.6 Å². The van der Waals surface area contributed by atoms with Crippen LogP contribution in [0.2, 0.25) is 0 Å². The van der Waals surface area contributed by atoms with E-state index in [9.17, 15) is 13.2 Å². The van der Waals surface area contributed by atoms with Gasteiger partial charge in [0.25, 0.3) is 0 Å². The summed E-state index contributed by atoms with van der Waals surface area (Å²) in [5.74, 6) is -3.06. The topological polar surface area (TPSA) is 44.5 Å². The molecule has 2 atom stereocenters. The maximum atomic E-state index is 13.8. The van der Waals surface area contributed by atoms with Crippen molar-refractivity contribution < 1.29 is 22.6 Å². The molecule has 2 unspecified atom stereocenters. The number of halogens is 3. The highest BCUT2D eigenvalue weighted by Crippen LogP contribution is 2.34. The van der Waals surface area contributed by atoms with Crippen LogP contribution in [0.5, 0.6) is 11.5 Å². The van der Waals surface area contributed by atoms with Crippen LogP contribution in [0, 0.1) is 17.5 Å². The van der Waals surface area contributed by atoms with Gasteiger partial charge in [-0.05, 0) is 18.2 Å². The Bertz CT molecular complexity index is 678. The van der Waals surface area contributed by atoms with Gasteiger partial charge in [-0.25, -0.2) is 13.2 Å². The summed E-state index contributed by atoms with van der Waals surface area (Å²) >= 11 is 0. The van der Waals surface area contributed by atoms with Crippen molar-refractivity contribution in [2.45, 2.75) is 12.1 Å². The van der Waals surface area contributed by atoms with E-state index >= 15 is 0 Å². The van der Waals surface area contributed by atoms with Crippen molar-refractivity contribution in [1.82, 2.24) is 0 Å². The fourth-order valence-corrected chi connectivity index (χ4v) is 2.21. The lowest BCUT2D eigenvalue weighted by atomic mass is 10.0. The summed E-state index contributed by atoms with van der Waals surface area (Å²) in [6.07, 6.45) is -0.695. The van der Waals surface area contributed by atoms with Crippen molar-refractivity contribution >= 4 is 0 Å². The van der Waals surface area contributed by atoms with Crippen LogP contribution in [-0.2, 0) is 0 Å². The molecule has 0 bridgehead atoms. The number of fused-ring (bicyclic) bond motifs is 1. The highest BCUT2D eigenvalue weighted by molar-refractivity contribution is 5.41. The molecule has 2 aromatic rings. The number of hydrogen-bond donors (Lipinski definition) is 1. The first-order valence-electron chi connectivity index (χ1n) is 6.35. The van der Waals surface area contributed by atoms with Gasteiger partial charge in [0.15, 0.2) is 35.1 Å². The van der Waals surface area contributed by atoms with Gasteiger partial charge in [-0.2, -0.15) is 0 Å². The largest absolute Gasteiger partial charge is 0.486 e. The summed E-state index contributed by atoms with van der Waals surface area (Å²) < 4.78 is 51.1. The fraction of sp³-hybridized carbons (Fsp3) is 0.200. The van der Waals surface area contributed by atoms with Crippen LogP contribution in [0.4, 0.5) is 13.2 Å². The molecular formula is C15H12F3NO2. The smallest absolute Gasteiger partial charge is 0.194 e. The number of hydrogen-bond acceptors (Lipinski definition) is 3. The summed E-state index contributed by atoms with van der Waals surface area (Å²) in [6.45, 7) is 0.0939. The minimum absolute atomic E-state index is 0.0939. The lowest BCUT2D eigenvalue weighted by Crippen LogP contribution is -2.39. The molecule has 0 saturated carbocycles. The zero-order valence-electron chi connectivity index (χ0n) is 10.9. The van der Waals surface area contributed by atoms with Crippen LogP contribution >= 0.6 is 0 Å². The number of para-hydroxylation sites is 2. The van der Waals surface area contributed by atoms with Gasteiger partial charge in [0, 0.05) is 5.56 Å². The molecule has 0 amide bonds. The second-order valence-electron chi connectivity index (χ2n) is 4.70. The van der Waals surface area contributed by atoms with Crippen molar-refractivity contribution in [3.8, 4) is 11.5 Å². The fourth-order valence-electron chi connectivity index (χ4n) is 2.21. The zero-order chi connectivity index (χ0) is 15.0. The first kappa shape index (κ1) is 13.8. The molecule has 6 heteroatoms. The van der Waals surface area contributed by atoms with Crippen LogP contribution in [0.25, 0.3) is 0 Å². The molecule has 2 N–H and O–H groups in total. The predicted octanol–water partition coefficient (Wildman–Crippen LogP) is 2.94. The number of benzene rings is 2. The van der Waals surface area contributed by atoms with Crippen molar-refractivity contribution in [3.05, 3.63) is 59.4 Å². The van der Waals surface area contributed by atoms with Gasteiger partial charge in [0.2, 0.25) is 0 Å². The van der Waals surface area contributed by atoms with Gasteiger partial charge in [-0.15, -0.1) is 0 Å². The van der Waals surface area contributed by atoms with Gasteiger partial charge < -0.3 is 15.2 Å². The SMILES string of the molecule is NC(c1ccc(F)c(F)c1F)C1COc2ccccc2O1. The molecule has 0 fully saturated rings. The van der Waals surface area contributed by atoms with Crippen LogP contribution in [0.3, 0.4) is 0 Å². The molecule has 1 heterocycles. The Morgan fingerprint density at radius 3 is 2.48 bits per heavy atom. The summed E-state index contributed by atoms with van der Waals surface area (Å²) in [5.41, 5.74) is 5.76. The number of rotatable bonds is 2. The molecule has 0 saturated heterocycles. The van der Waals surface area contributed by atoms with Crippen molar-refractivity contribution in [1.29, 1.82) is 0 Å². The number of nitrogens with two attached hydrogens (primary N) is 1. The Kier molecular flexibility index (Phi) is 3.47. The lowest BCUT2D eigenvalue weighted by Gasteiger charge is -2.30. The monoisotopic (exact) mass is 295 g/mol. The minimum Gasteiger partial charge on any atom is -0.486 e. The third-order valence-electron chi connectivity index (χ3n) is 3.36. The van der Waals surface area contributed by atoms with Gasteiger partial charge >= 0.3 is 0 Å². The van der Waals surface area contributed by atoms with Gasteiger partial charge in [-0.3, -0.25) is 0 Å². The van der Waals surface area contributed by atoms with Crippen LogP contribution < -0.4 is 15.2 Å². The highest BCUT2D eigenvalue weighted by Gasteiger charge is 2.30. The van der Waals surface area contributed by atoms with E-state index in [2.05, 4.69) is 0 Å². The van der Waals surface area contributed by atoms with E-state index < -0.39 is 29.6 Å². The number of ether oxygens (including phenoxy) is 2. The summed E-state index contributed by atoms with van der Waals surface area (Å²) in [6, 6.07) is 7.94. The molecule has 0 aliphatic carbocycles. The van der Waals surface area contributed by atoms with E-state index in [1.807, 2.05) is 0 Å². The Hall–Kier alpha value is -2.21. The molecule has 1 aliphatic rings. The van der Waals surface area contributed by atoms with E-state index in [1.54, 1.807) is 24.3 Å². The molecule has 0 radical (unpaired) electrons. The third-order valence-corrected chi connectivity index (χ3v) is 3.36. The van der Waals surface area contributed by atoms with Gasteiger partial charge in [-0.1, -0.05) is 18.2 Å². The van der Waals surface area contributed by atoms with Crippen molar-refractivity contribution in [3.63, 3.8) is 0 Å². The van der Waals surface area contributed by atoms with Crippen molar-refractivity contribution in [2.24, 2.45) is 5.73 Å². The van der Waals surface area contributed by atoms with E-state index in [-0.39, 0.29) is 12.2 Å². The lowest BCUT2D eigenvalue weighted by molar-refractivity contribution is 0.0710. The predicted molar refractivity (Wildman–Crippen MR) is 69.6 cm³/mol. The molecule has 2 aromatic carbocycles. The van der Waals surface area contributed by atoms with E-state index in [1.165, 1.54) is 0 Å². The molecule has 3 rings (SSSR count). The zero-order valence-corrected chi connectivity index (χ0v) is 10.9. The summed E-state index contributed by atoms with van der Waals surface area (Å²) in [5, 5.41) is 0. The second kappa shape index (κ2) is 5.29. The van der Waals surface area contributed by atoms with Gasteiger partial charge in [0.1, 0.15) is 6.61 Å². The molecule has 3 nitrogen and oxygen atoms in total. The first-order valence-corrected chi connectivity index (χ1v) is 6.35. The Labute approximate surface area is 119 Å². The molecule has 0 aromatic heterocycles. The van der Waals surface area contributed by atoms with Crippen molar-refractivity contribution in [2.75, 3.05) is 6.61 Å². The summed E-state index contributed by atoms with van der Waals surface area (Å²) in [7, 11) is 0. The van der Waals surface area contributed by atoms with Crippen LogP contribution in [0.15, 0.2) is 36.4 Å². The van der Waals surface area contributed by atoms with Crippen LogP contribution in [-0.4, -0.2) is 12.7 Å². The van der Waals surface area contributed by atoms with E-state index in [0.29, 0.717) is 11.5 Å². The second-order valence-corrected chi connectivity index (χ2v) is 4.70. The Balaban J connectivity index is 1.87. The molecule has 0 spiro atoms. The Morgan fingerprint density at radius 1 is 1.00 bits per heavy atom. The highest BCUT2D eigenvalue weighted by atomic mass is 19.2. The van der Waals surface area contributed by atoms with E-state index in [0.717, 1.165) is 12.1 Å². The Morgan fingerprint density at radius 2 is 1.71 bits per heavy atom. The third kappa shape index (κ3) is 2.42. The normalized spacial score (nSPS) is 18.4. The average Bonchev–Trinajstić information content (AvgIpc) is 2.52. The molecular weight excluding hydrogens is 283 g/mol. The maximum absolute atomic E-state index is 13.8. The molecule has 110 valence electrons. The summed E-state index contributed by atoms with van der Waals surface area (Å²) in [4.78, 5) is 0. The minimum atomic E-state index is -1.54. The standard InChI is InChI=1S/C15H12F3NO2/c16-9-6-5-8(13(17)14(9)18)15(19)12-7-20-10-3-1-2-4-11(10)21-12/h1-6,12,15H,7,19H2.